The van der Waals surface area contributed by atoms with Crippen molar-refractivity contribution in [3.05, 3.63) is 71.3 Å². The Morgan fingerprint density at radius 1 is 0.974 bits per heavy atom. The lowest BCUT2D eigenvalue weighted by Crippen LogP contribution is -2.49. The molecule has 2 aromatic carbocycles. The van der Waals surface area contributed by atoms with Gasteiger partial charge in [0.25, 0.3) is 0 Å². The Bertz CT molecular complexity index is 1070. The number of carbonyl (C=O) groups is 3. The smallest absolute Gasteiger partial charge is 0.410 e. The number of benzene rings is 2. The van der Waals surface area contributed by atoms with Gasteiger partial charge in [0.2, 0.25) is 11.8 Å². The molecule has 3 amide bonds. The molecule has 0 spiro atoms. The van der Waals surface area contributed by atoms with Crippen molar-refractivity contribution >= 4 is 17.9 Å². The summed E-state index contributed by atoms with van der Waals surface area (Å²) in [5, 5.41) is 12.0. The van der Waals surface area contributed by atoms with Crippen LogP contribution in [0.4, 0.5) is 4.79 Å². The van der Waals surface area contributed by atoms with Gasteiger partial charge in [0, 0.05) is 38.6 Å². The molecule has 1 saturated carbocycles. The summed E-state index contributed by atoms with van der Waals surface area (Å²) in [5.74, 6) is -0.940. The Hall–Kier alpha value is -3.43. The van der Waals surface area contributed by atoms with E-state index in [4.69, 9.17) is 15.6 Å². The molecule has 2 aliphatic rings. The van der Waals surface area contributed by atoms with Crippen molar-refractivity contribution < 1.29 is 24.2 Å². The highest BCUT2D eigenvalue weighted by atomic mass is 16.6. The monoisotopic (exact) mass is 522 g/mol. The quantitative estimate of drug-likeness (QED) is 0.465. The van der Waals surface area contributed by atoms with E-state index in [0.717, 1.165) is 49.9 Å². The third-order valence-corrected chi connectivity index (χ3v) is 7.62. The summed E-state index contributed by atoms with van der Waals surface area (Å²) in [5.41, 5.74) is 8.24. The number of nitrogens with zero attached hydrogens (tertiary/aromatic N) is 2. The number of ether oxygens (including phenoxy) is 1. The van der Waals surface area contributed by atoms with Crippen LogP contribution in [-0.2, 0) is 20.9 Å². The van der Waals surface area contributed by atoms with Crippen LogP contribution in [0.1, 0.15) is 54.3 Å². The zero-order chi connectivity index (χ0) is 26.9. The molecule has 204 valence electrons. The molecule has 2 aromatic rings. The van der Waals surface area contributed by atoms with Crippen molar-refractivity contribution in [1.82, 2.24) is 15.1 Å². The summed E-state index contributed by atoms with van der Waals surface area (Å²) in [7, 11) is 0. The maximum atomic E-state index is 13.3. The topological polar surface area (TPSA) is 125 Å². The lowest BCUT2D eigenvalue weighted by Gasteiger charge is -2.33. The molecule has 0 unspecified atom stereocenters. The molecule has 3 atom stereocenters. The van der Waals surface area contributed by atoms with Gasteiger partial charge in [0.05, 0.1) is 6.61 Å². The predicted molar refractivity (Wildman–Crippen MR) is 143 cm³/mol. The zero-order valence-electron chi connectivity index (χ0n) is 21.8. The molecule has 1 heterocycles. The SMILES string of the molecule is NC(=O)[C@@H](NC(=O)[C@@H]1CCCC[C@H]1c1ccc(COC(=O)N2CCN(CCO)CC2)cc1)c1ccccc1. The van der Waals surface area contributed by atoms with Gasteiger partial charge in [-0.2, -0.15) is 0 Å². The first-order valence-electron chi connectivity index (χ1n) is 13.4. The van der Waals surface area contributed by atoms with Crippen LogP contribution in [0.15, 0.2) is 54.6 Å². The van der Waals surface area contributed by atoms with Crippen molar-refractivity contribution in [2.75, 3.05) is 39.3 Å². The minimum Gasteiger partial charge on any atom is -0.445 e. The molecule has 0 radical (unpaired) electrons. The van der Waals surface area contributed by atoms with Gasteiger partial charge in [-0.15, -0.1) is 0 Å². The number of hydrogen-bond donors (Lipinski definition) is 3. The zero-order valence-corrected chi connectivity index (χ0v) is 21.8. The van der Waals surface area contributed by atoms with Crippen molar-refractivity contribution in [1.29, 1.82) is 0 Å². The summed E-state index contributed by atoms with van der Waals surface area (Å²) in [6.45, 7) is 3.55. The van der Waals surface area contributed by atoms with Gasteiger partial charge in [0.15, 0.2) is 0 Å². The van der Waals surface area contributed by atoms with Crippen LogP contribution in [0.2, 0.25) is 0 Å². The van der Waals surface area contributed by atoms with Gasteiger partial charge in [0.1, 0.15) is 12.6 Å². The van der Waals surface area contributed by atoms with Crippen molar-refractivity contribution in [2.45, 2.75) is 44.2 Å². The van der Waals surface area contributed by atoms with E-state index in [2.05, 4.69) is 10.2 Å². The lowest BCUT2D eigenvalue weighted by molar-refractivity contribution is -0.131. The van der Waals surface area contributed by atoms with E-state index in [1.807, 2.05) is 42.5 Å². The number of aliphatic hydroxyl groups is 1. The summed E-state index contributed by atoms with van der Waals surface area (Å²) in [6, 6.07) is 16.1. The Morgan fingerprint density at radius 2 is 1.66 bits per heavy atom. The molecule has 4 N–H and O–H groups in total. The van der Waals surface area contributed by atoms with E-state index in [1.165, 1.54) is 0 Å². The second-order valence-electron chi connectivity index (χ2n) is 10.1. The lowest BCUT2D eigenvalue weighted by atomic mass is 9.74. The Balaban J connectivity index is 1.34. The second kappa shape index (κ2) is 13.4. The van der Waals surface area contributed by atoms with Crippen LogP contribution in [0, 0.1) is 5.92 Å². The molecule has 0 aromatic heterocycles. The van der Waals surface area contributed by atoms with Gasteiger partial charge in [-0.25, -0.2) is 4.79 Å². The van der Waals surface area contributed by atoms with Gasteiger partial charge in [-0.05, 0) is 35.4 Å². The Kier molecular flexibility index (Phi) is 9.73. The summed E-state index contributed by atoms with van der Waals surface area (Å²) in [6.07, 6.45) is 3.31. The normalized spacial score (nSPS) is 20.9. The summed E-state index contributed by atoms with van der Waals surface area (Å²) >= 11 is 0. The molecule has 9 nitrogen and oxygen atoms in total. The maximum Gasteiger partial charge on any atom is 0.410 e. The third-order valence-electron chi connectivity index (χ3n) is 7.62. The minimum atomic E-state index is -0.860. The molecular weight excluding hydrogens is 484 g/mol. The number of piperazine rings is 1. The Labute approximate surface area is 223 Å². The first kappa shape index (κ1) is 27.6. The largest absolute Gasteiger partial charge is 0.445 e. The molecule has 0 bridgehead atoms. The number of nitrogens with one attached hydrogen (secondary N) is 1. The van der Waals surface area contributed by atoms with Crippen LogP contribution < -0.4 is 11.1 Å². The number of carbonyl (C=O) groups excluding carboxylic acids is 3. The fourth-order valence-corrected chi connectivity index (χ4v) is 5.45. The highest BCUT2D eigenvalue weighted by Gasteiger charge is 2.34. The van der Waals surface area contributed by atoms with E-state index in [0.29, 0.717) is 25.2 Å². The van der Waals surface area contributed by atoms with E-state index in [-0.39, 0.29) is 37.0 Å². The average Bonchev–Trinajstić information content (AvgIpc) is 2.95. The van der Waals surface area contributed by atoms with E-state index >= 15 is 0 Å². The minimum absolute atomic E-state index is 0.0415. The Morgan fingerprint density at radius 3 is 2.32 bits per heavy atom. The number of amides is 3. The molecule has 1 saturated heterocycles. The van der Waals surface area contributed by atoms with Crippen LogP contribution in [-0.4, -0.2) is 72.1 Å². The fraction of sp³-hybridized carbons (Fsp3) is 0.483. The van der Waals surface area contributed by atoms with E-state index < -0.39 is 11.9 Å². The molecule has 1 aliphatic carbocycles. The van der Waals surface area contributed by atoms with Crippen molar-refractivity contribution in [3.63, 3.8) is 0 Å². The fourth-order valence-electron chi connectivity index (χ4n) is 5.45. The maximum absolute atomic E-state index is 13.3. The average molecular weight is 523 g/mol. The number of aliphatic hydroxyl groups excluding tert-OH is 1. The molecular formula is C29H38N4O5. The predicted octanol–water partition coefficient (Wildman–Crippen LogP) is 2.55. The number of β-amino-alcohol motifs (C(OH)–C–C–N with tert-alkyl or cyclic N) is 1. The van der Waals surface area contributed by atoms with E-state index in [1.54, 1.807) is 17.0 Å². The van der Waals surface area contributed by atoms with Crippen LogP contribution in [0.3, 0.4) is 0 Å². The van der Waals surface area contributed by atoms with Crippen molar-refractivity contribution in [2.24, 2.45) is 11.7 Å². The molecule has 1 aliphatic heterocycles. The molecule has 2 fully saturated rings. The standard InChI is InChI=1S/C29H38N4O5/c30-27(35)26(23-6-2-1-3-7-23)31-28(36)25-9-5-4-8-24(25)22-12-10-21(11-13-22)20-38-29(37)33-16-14-32(15-17-33)18-19-34/h1-3,6-7,10-13,24-26,34H,4-5,8-9,14-20H2,(H2,30,35)(H,31,36)/t24-,25+,26-/m0/s1. The van der Waals surface area contributed by atoms with Crippen LogP contribution >= 0.6 is 0 Å². The van der Waals surface area contributed by atoms with Crippen LogP contribution in [0.5, 0.6) is 0 Å². The number of primary amides is 1. The highest BCUT2D eigenvalue weighted by molar-refractivity contribution is 5.89. The number of nitrogens with two attached hydrogens (primary N) is 1. The van der Waals surface area contributed by atoms with Gasteiger partial charge in [-0.1, -0.05) is 67.4 Å². The van der Waals surface area contributed by atoms with Gasteiger partial charge >= 0.3 is 6.09 Å². The van der Waals surface area contributed by atoms with E-state index in [9.17, 15) is 14.4 Å². The second-order valence-corrected chi connectivity index (χ2v) is 10.1. The molecule has 9 heteroatoms. The molecule has 4 rings (SSSR count). The highest BCUT2D eigenvalue weighted by Crippen LogP contribution is 2.38. The summed E-state index contributed by atoms with van der Waals surface area (Å²) in [4.78, 5) is 41.7. The number of hydrogen-bond acceptors (Lipinski definition) is 6. The first-order chi connectivity index (χ1) is 18.5. The first-order valence-corrected chi connectivity index (χ1v) is 13.4. The van der Waals surface area contributed by atoms with Crippen LogP contribution in [0.25, 0.3) is 0 Å². The van der Waals surface area contributed by atoms with Gasteiger partial charge < -0.3 is 25.8 Å². The summed E-state index contributed by atoms with van der Waals surface area (Å²) < 4.78 is 5.53. The van der Waals surface area contributed by atoms with Gasteiger partial charge in [-0.3, -0.25) is 14.5 Å². The third kappa shape index (κ3) is 7.11. The molecule has 38 heavy (non-hydrogen) atoms. The van der Waals surface area contributed by atoms with Crippen molar-refractivity contribution in [3.8, 4) is 0 Å². The number of rotatable bonds is 9.